The van der Waals surface area contributed by atoms with Crippen molar-refractivity contribution in [3.63, 3.8) is 0 Å². The van der Waals surface area contributed by atoms with Crippen molar-refractivity contribution < 1.29 is 9.47 Å². The van der Waals surface area contributed by atoms with E-state index in [0.717, 1.165) is 35.5 Å². The Morgan fingerprint density at radius 1 is 1.22 bits per heavy atom. The minimum absolute atomic E-state index is 0.108. The molecule has 0 amide bonds. The highest BCUT2D eigenvalue weighted by Gasteiger charge is 2.16. The molecule has 4 heteroatoms. The Hall–Kier alpha value is -0.740. The zero-order chi connectivity index (χ0) is 13.2. The molecule has 0 saturated carbocycles. The molecule has 0 saturated heterocycles. The quantitative estimate of drug-likeness (QED) is 0.906. The van der Waals surface area contributed by atoms with Crippen molar-refractivity contribution in [1.82, 2.24) is 5.32 Å². The summed E-state index contributed by atoms with van der Waals surface area (Å²) in [7, 11) is 0. The van der Waals surface area contributed by atoms with Crippen LogP contribution >= 0.6 is 15.9 Å². The number of nitrogens with one attached hydrogen (secondary N) is 1. The Balaban J connectivity index is 2.18. The standard InChI is InChI=1S/C14H20BrNO2/c1-14(2,3)16-9-10-7-11(15)13-12(8-10)17-5-4-6-18-13/h7-8,16H,4-6,9H2,1-3H3. The van der Waals surface area contributed by atoms with Gasteiger partial charge in [-0.2, -0.15) is 0 Å². The van der Waals surface area contributed by atoms with E-state index >= 15 is 0 Å². The lowest BCUT2D eigenvalue weighted by atomic mass is 10.1. The number of halogens is 1. The van der Waals surface area contributed by atoms with Crippen LogP contribution in [-0.4, -0.2) is 18.8 Å². The van der Waals surface area contributed by atoms with Gasteiger partial charge in [-0.05, 0) is 54.4 Å². The van der Waals surface area contributed by atoms with Crippen molar-refractivity contribution in [2.75, 3.05) is 13.2 Å². The highest BCUT2D eigenvalue weighted by Crippen LogP contribution is 2.38. The predicted octanol–water partition coefficient (Wildman–Crippen LogP) is 3.50. The van der Waals surface area contributed by atoms with Crippen molar-refractivity contribution in [1.29, 1.82) is 0 Å². The van der Waals surface area contributed by atoms with Crippen molar-refractivity contribution in [2.24, 2.45) is 0 Å². The highest BCUT2D eigenvalue weighted by molar-refractivity contribution is 9.10. The average Bonchev–Trinajstić information content (AvgIpc) is 2.51. The molecule has 0 radical (unpaired) electrons. The van der Waals surface area contributed by atoms with Crippen molar-refractivity contribution >= 4 is 15.9 Å². The summed E-state index contributed by atoms with van der Waals surface area (Å²) in [5, 5.41) is 3.47. The monoisotopic (exact) mass is 313 g/mol. The minimum atomic E-state index is 0.108. The molecule has 3 nitrogen and oxygen atoms in total. The van der Waals surface area contributed by atoms with Gasteiger partial charge in [0, 0.05) is 18.5 Å². The Morgan fingerprint density at radius 3 is 2.67 bits per heavy atom. The average molecular weight is 314 g/mol. The van der Waals surface area contributed by atoms with Crippen LogP contribution in [0.25, 0.3) is 0 Å². The van der Waals surface area contributed by atoms with Gasteiger partial charge < -0.3 is 14.8 Å². The van der Waals surface area contributed by atoms with E-state index < -0.39 is 0 Å². The molecule has 2 rings (SSSR count). The largest absolute Gasteiger partial charge is 0.490 e. The van der Waals surface area contributed by atoms with Gasteiger partial charge in [0.15, 0.2) is 11.5 Å². The second kappa shape index (κ2) is 5.49. The lowest BCUT2D eigenvalue weighted by Crippen LogP contribution is -2.35. The SMILES string of the molecule is CC(C)(C)NCc1cc(Br)c2c(c1)OCCCO2. The van der Waals surface area contributed by atoms with Gasteiger partial charge in [0.05, 0.1) is 17.7 Å². The lowest BCUT2D eigenvalue weighted by molar-refractivity contribution is 0.296. The molecule has 0 spiro atoms. The Bertz CT molecular complexity index is 427. The maximum Gasteiger partial charge on any atom is 0.175 e. The number of hydrogen-bond acceptors (Lipinski definition) is 3. The molecule has 0 aromatic heterocycles. The second-order valence-electron chi connectivity index (χ2n) is 5.56. The highest BCUT2D eigenvalue weighted by atomic mass is 79.9. The van der Waals surface area contributed by atoms with Crippen molar-refractivity contribution in [3.05, 3.63) is 22.2 Å². The lowest BCUT2D eigenvalue weighted by Gasteiger charge is -2.21. The van der Waals surface area contributed by atoms with E-state index in [1.807, 2.05) is 0 Å². The smallest absolute Gasteiger partial charge is 0.175 e. The summed E-state index contributed by atoms with van der Waals surface area (Å²) in [5.74, 6) is 1.67. The van der Waals surface area contributed by atoms with E-state index in [-0.39, 0.29) is 5.54 Å². The fourth-order valence-corrected chi connectivity index (χ4v) is 2.36. The summed E-state index contributed by atoms with van der Waals surface area (Å²) in [4.78, 5) is 0. The van der Waals surface area contributed by atoms with Gasteiger partial charge >= 0.3 is 0 Å². The van der Waals surface area contributed by atoms with Crippen LogP contribution in [0, 0.1) is 0 Å². The van der Waals surface area contributed by atoms with Crippen molar-refractivity contribution in [2.45, 2.75) is 39.3 Å². The zero-order valence-electron chi connectivity index (χ0n) is 11.2. The van der Waals surface area contributed by atoms with E-state index in [0.29, 0.717) is 6.61 Å². The summed E-state index contributed by atoms with van der Waals surface area (Å²) in [6.45, 7) is 8.72. The molecule has 18 heavy (non-hydrogen) atoms. The number of rotatable bonds is 2. The molecule has 1 heterocycles. The van der Waals surface area contributed by atoms with Gasteiger partial charge in [0.2, 0.25) is 0 Å². The van der Waals surface area contributed by atoms with E-state index in [2.05, 4.69) is 54.2 Å². The van der Waals surface area contributed by atoms with E-state index in [1.165, 1.54) is 5.56 Å². The van der Waals surface area contributed by atoms with Crippen LogP contribution < -0.4 is 14.8 Å². The molecule has 1 aliphatic heterocycles. The summed E-state index contributed by atoms with van der Waals surface area (Å²) >= 11 is 3.56. The van der Waals surface area contributed by atoms with Gasteiger partial charge in [0.25, 0.3) is 0 Å². The first-order valence-corrected chi connectivity index (χ1v) is 7.08. The first-order chi connectivity index (χ1) is 8.46. The number of ether oxygens (including phenoxy) is 2. The van der Waals surface area contributed by atoms with Crippen LogP contribution in [0.1, 0.15) is 32.8 Å². The molecule has 1 aromatic carbocycles. The first kappa shape index (κ1) is 13.7. The Morgan fingerprint density at radius 2 is 1.94 bits per heavy atom. The maximum atomic E-state index is 5.72. The van der Waals surface area contributed by atoms with Gasteiger partial charge in [-0.3, -0.25) is 0 Å². The van der Waals surface area contributed by atoms with Gasteiger partial charge in [-0.25, -0.2) is 0 Å². The summed E-state index contributed by atoms with van der Waals surface area (Å²) < 4.78 is 12.4. The molecule has 100 valence electrons. The fraction of sp³-hybridized carbons (Fsp3) is 0.571. The molecule has 0 unspecified atom stereocenters. The number of fused-ring (bicyclic) bond motifs is 1. The topological polar surface area (TPSA) is 30.5 Å². The van der Waals surface area contributed by atoms with E-state index in [4.69, 9.17) is 9.47 Å². The molecule has 1 N–H and O–H groups in total. The second-order valence-corrected chi connectivity index (χ2v) is 6.41. The molecular formula is C14H20BrNO2. The van der Waals surface area contributed by atoms with Gasteiger partial charge in [-0.15, -0.1) is 0 Å². The van der Waals surface area contributed by atoms with E-state index in [1.54, 1.807) is 0 Å². The molecule has 0 bridgehead atoms. The summed E-state index contributed by atoms with van der Waals surface area (Å²) in [6, 6.07) is 4.15. The van der Waals surface area contributed by atoms with Crippen LogP contribution in [0.2, 0.25) is 0 Å². The molecule has 0 atom stereocenters. The van der Waals surface area contributed by atoms with Crippen LogP contribution in [0.15, 0.2) is 16.6 Å². The van der Waals surface area contributed by atoms with E-state index in [9.17, 15) is 0 Å². The number of hydrogen-bond donors (Lipinski definition) is 1. The third-order valence-electron chi connectivity index (χ3n) is 2.68. The van der Waals surface area contributed by atoms with Crippen LogP contribution in [0.4, 0.5) is 0 Å². The number of benzene rings is 1. The normalized spacial score (nSPS) is 15.3. The molecular weight excluding hydrogens is 294 g/mol. The molecule has 1 aliphatic rings. The maximum absolute atomic E-state index is 5.72. The third kappa shape index (κ3) is 3.62. The Labute approximate surface area is 117 Å². The van der Waals surface area contributed by atoms with Crippen LogP contribution in [0.3, 0.4) is 0 Å². The predicted molar refractivity (Wildman–Crippen MR) is 76.3 cm³/mol. The third-order valence-corrected chi connectivity index (χ3v) is 3.27. The molecule has 1 aromatic rings. The van der Waals surface area contributed by atoms with Crippen molar-refractivity contribution in [3.8, 4) is 11.5 Å². The van der Waals surface area contributed by atoms with Crippen LogP contribution in [-0.2, 0) is 6.54 Å². The first-order valence-electron chi connectivity index (χ1n) is 6.29. The molecule has 0 fully saturated rings. The fourth-order valence-electron chi connectivity index (χ4n) is 1.75. The molecule has 0 aliphatic carbocycles. The minimum Gasteiger partial charge on any atom is -0.490 e. The Kier molecular flexibility index (Phi) is 4.17. The van der Waals surface area contributed by atoms with Gasteiger partial charge in [0.1, 0.15) is 0 Å². The van der Waals surface area contributed by atoms with Crippen LogP contribution in [0.5, 0.6) is 11.5 Å². The summed E-state index contributed by atoms with van der Waals surface area (Å²) in [6.07, 6.45) is 0.927. The summed E-state index contributed by atoms with van der Waals surface area (Å²) in [5.41, 5.74) is 1.30. The van der Waals surface area contributed by atoms with Gasteiger partial charge in [-0.1, -0.05) is 0 Å². The zero-order valence-corrected chi connectivity index (χ0v) is 12.8.